The fraction of sp³-hybridized carbons (Fsp3) is 0.267. The van der Waals surface area contributed by atoms with E-state index in [1.165, 1.54) is 5.56 Å². The minimum Gasteiger partial charge on any atom is -0.487 e. The van der Waals surface area contributed by atoms with Crippen LogP contribution < -0.4 is 10.1 Å². The number of hydrogen-bond acceptors (Lipinski definition) is 3. The van der Waals surface area contributed by atoms with Crippen molar-refractivity contribution in [3.8, 4) is 5.75 Å². The second kappa shape index (κ2) is 7.26. The standard InChI is InChI=1S/C15H17BrN2O/c1-2-17-8-12-3-5-13(6-4-12)11-19-15-7-14(16)9-18-10-15/h3-7,9-10,17H,2,8,11H2,1H3. The normalized spacial score (nSPS) is 10.4. The molecule has 0 spiro atoms. The lowest BCUT2D eigenvalue weighted by Crippen LogP contribution is -2.11. The Morgan fingerprint density at radius 1 is 1.16 bits per heavy atom. The second-order valence-corrected chi connectivity index (χ2v) is 5.14. The molecule has 0 amide bonds. The van der Waals surface area contributed by atoms with Gasteiger partial charge in [0.05, 0.1) is 6.20 Å². The smallest absolute Gasteiger partial charge is 0.139 e. The van der Waals surface area contributed by atoms with Crippen LogP contribution in [0.3, 0.4) is 0 Å². The van der Waals surface area contributed by atoms with Crippen molar-refractivity contribution in [2.75, 3.05) is 6.54 Å². The summed E-state index contributed by atoms with van der Waals surface area (Å²) in [5.74, 6) is 0.770. The van der Waals surface area contributed by atoms with Gasteiger partial charge in [-0.05, 0) is 39.7 Å². The number of ether oxygens (including phenoxy) is 1. The molecule has 0 fully saturated rings. The highest BCUT2D eigenvalue weighted by Gasteiger charge is 1.98. The van der Waals surface area contributed by atoms with Crippen molar-refractivity contribution in [2.45, 2.75) is 20.1 Å². The van der Waals surface area contributed by atoms with Gasteiger partial charge in [-0.2, -0.15) is 0 Å². The Kier molecular flexibility index (Phi) is 5.36. The Hall–Kier alpha value is -1.39. The third kappa shape index (κ3) is 4.65. The first-order valence-electron chi connectivity index (χ1n) is 6.30. The molecule has 0 aliphatic rings. The Morgan fingerprint density at radius 3 is 2.58 bits per heavy atom. The molecule has 1 N–H and O–H groups in total. The van der Waals surface area contributed by atoms with Crippen molar-refractivity contribution in [1.29, 1.82) is 0 Å². The number of nitrogens with one attached hydrogen (secondary N) is 1. The van der Waals surface area contributed by atoms with Crippen molar-refractivity contribution < 1.29 is 4.74 Å². The topological polar surface area (TPSA) is 34.1 Å². The molecule has 1 aromatic heterocycles. The highest BCUT2D eigenvalue weighted by molar-refractivity contribution is 9.10. The van der Waals surface area contributed by atoms with Crippen LogP contribution >= 0.6 is 15.9 Å². The molecule has 0 radical (unpaired) electrons. The summed E-state index contributed by atoms with van der Waals surface area (Å²) in [7, 11) is 0. The lowest BCUT2D eigenvalue weighted by molar-refractivity contribution is 0.304. The quantitative estimate of drug-likeness (QED) is 0.884. The lowest BCUT2D eigenvalue weighted by Gasteiger charge is -2.07. The molecule has 1 aromatic carbocycles. The molecule has 3 nitrogen and oxygen atoms in total. The van der Waals surface area contributed by atoms with E-state index in [4.69, 9.17) is 4.74 Å². The molecule has 0 aliphatic carbocycles. The third-order valence-corrected chi connectivity index (χ3v) is 3.12. The van der Waals surface area contributed by atoms with Crippen LogP contribution in [-0.2, 0) is 13.2 Å². The number of halogens is 1. The monoisotopic (exact) mass is 320 g/mol. The molecular formula is C15H17BrN2O. The fourth-order valence-electron chi connectivity index (χ4n) is 1.66. The predicted octanol–water partition coefficient (Wildman–Crippen LogP) is 3.53. The molecule has 0 atom stereocenters. The van der Waals surface area contributed by atoms with E-state index < -0.39 is 0 Å². The molecule has 2 aromatic rings. The van der Waals surface area contributed by atoms with Crippen molar-refractivity contribution in [2.24, 2.45) is 0 Å². The molecule has 0 saturated heterocycles. The van der Waals surface area contributed by atoms with E-state index in [-0.39, 0.29) is 0 Å². The zero-order valence-electron chi connectivity index (χ0n) is 10.9. The molecule has 100 valence electrons. The maximum absolute atomic E-state index is 5.69. The number of benzene rings is 1. The van der Waals surface area contributed by atoms with E-state index in [0.29, 0.717) is 6.61 Å². The van der Waals surface area contributed by atoms with Gasteiger partial charge in [-0.3, -0.25) is 4.98 Å². The first-order chi connectivity index (χ1) is 9.28. The Labute approximate surface area is 122 Å². The van der Waals surface area contributed by atoms with E-state index >= 15 is 0 Å². The summed E-state index contributed by atoms with van der Waals surface area (Å²) in [5, 5.41) is 3.30. The summed E-state index contributed by atoms with van der Waals surface area (Å²) in [6, 6.07) is 10.4. The molecule has 4 heteroatoms. The first kappa shape index (κ1) is 14.0. The van der Waals surface area contributed by atoms with Crippen LogP contribution in [0.5, 0.6) is 5.75 Å². The van der Waals surface area contributed by atoms with Crippen molar-refractivity contribution >= 4 is 15.9 Å². The average Bonchev–Trinajstić information content (AvgIpc) is 2.44. The summed E-state index contributed by atoms with van der Waals surface area (Å²) in [6.07, 6.45) is 3.45. The van der Waals surface area contributed by atoms with Crippen molar-refractivity contribution in [3.63, 3.8) is 0 Å². The van der Waals surface area contributed by atoms with Gasteiger partial charge in [0.1, 0.15) is 12.4 Å². The maximum atomic E-state index is 5.69. The van der Waals surface area contributed by atoms with Crippen molar-refractivity contribution in [1.82, 2.24) is 10.3 Å². The summed E-state index contributed by atoms with van der Waals surface area (Å²) in [6.45, 7) is 4.56. The molecular weight excluding hydrogens is 304 g/mol. The van der Waals surface area contributed by atoms with E-state index in [0.717, 1.165) is 28.9 Å². The SMILES string of the molecule is CCNCc1ccc(COc2cncc(Br)c2)cc1. The van der Waals surface area contributed by atoms with E-state index in [1.807, 2.05) is 6.07 Å². The van der Waals surface area contributed by atoms with Gasteiger partial charge in [0, 0.05) is 17.2 Å². The number of nitrogens with zero attached hydrogens (tertiary/aromatic N) is 1. The van der Waals surface area contributed by atoms with Crippen LogP contribution in [0.15, 0.2) is 47.2 Å². The predicted molar refractivity (Wildman–Crippen MR) is 80.1 cm³/mol. The van der Waals surface area contributed by atoms with Gasteiger partial charge in [-0.15, -0.1) is 0 Å². The number of pyridine rings is 1. The maximum Gasteiger partial charge on any atom is 0.139 e. The third-order valence-electron chi connectivity index (χ3n) is 2.69. The van der Waals surface area contributed by atoms with E-state index in [2.05, 4.69) is 57.4 Å². The Balaban J connectivity index is 1.89. The van der Waals surface area contributed by atoms with E-state index in [1.54, 1.807) is 12.4 Å². The molecule has 2 rings (SSSR count). The van der Waals surface area contributed by atoms with Crippen LogP contribution in [0.4, 0.5) is 0 Å². The van der Waals surface area contributed by atoms with Gasteiger partial charge in [0.2, 0.25) is 0 Å². The van der Waals surface area contributed by atoms with Crippen LogP contribution in [0.25, 0.3) is 0 Å². The number of rotatable bonds is 6. The first-order valence-corrected chi connectivity index (χ1v) is 7.09. The average molecular weight is 321 g/mol. The summed E-state index contributed by atoms with van der Waals surface area (Å²) < 4.78 is 6.61. The van der Waals surface area contributed by atoms with Gasteiger partial charge in [0.15, 0.2) is 0 Å². The zero-order chi connectivity index (χ0) is 13.5. The summed E-state index contributed by atoms with van der Waals surface area (Å²) in [5.41, 5.74) is 2.44. The van der Waals surface area contributed by atoms with Crippen LogP contribution in [0.2, 0.25) is 0 Å². The number of hydrogen-bond donors (Lipinski definition) is 1. The molecule has 0 saturated carbocycles. The largest absolute Gasteiger partial charge is 0.487 e. The molecule has 19 heavy (non-hydrogen) atoms. The molecule has 0 bridgehead atoms. The summed E-state index contributed by atoms with van der Waals surface area (Å²) >= 11 is 3.37. The van der Waals surface area contributed by atoms with Gasteiger partial charge >= 0.3 is 0 Å². The van der Waals surface area contributed by atoms with Crippen LogP contribution in [0, 0.1) is 0 Å². The molecule has 0 aliphatic heterocycles. The summed E-state index contributed by atoms with van der Waals surface area (Å²) in [4.78, 5) is 4.06. The Bertz CT molecular complexity index is 514. The number of aromatic nitrogens is 1. The van der Waals surface area contributed by atoms with Crippen LogP contribution in [-0.4, -0.2) is 11.5 Å². The second-order valence-electron chi connectivity index (χ2n) is 4.22. The van der Waals surface area contributed by atoms with Gasteiger partial charge < -0.3 is 10.1 Å². The van der Waals surface area contributed by atoms with Gasteiger partial charge in [0.25, 0.3) is 0 Å². The van der Waals surface area contributed by atoms with Crippen molar-refractivity contribution in [3.05, 3.63) is 58.3 Å². The Morgan fingerprint density at radius 2 is 1.89 bits per heavy atom. The molecule has 0 unspecified atom stereocenters. The fourth-order valence-corrected chi connectivity index (χ4v) is 2.00. The van der Waals surface area contributed by atoms with E-state index in [9.17, 15) is 0 Å². The van der Waals surface area contributed by atoms with Gasteiger partial charge in [-0.1, -0.05) is 31.2 Å². The molecule has 1 heterocycles. The lowest BCUT2D eigenvalue weighted by atomic mass is 10.1. The minimum atomic E-state index is 0.555. The van der Waals surface area contributed by atoms with Gasteiger partial charge in [-0.25, -0.2) is 0 Å². The highest BCUT2D eigenvalue weighted by atomic mass is 79.9. The zero-order valence-corrected chi connectivity index (χ0v) is 12.5. The minimum absolute atomic E-state index is 0.555. The van der Waals surface area contributed by atoms with Crippen LogP contribution in [0.1, 0.15) is 18.1 Å². The highest BCUT2D eigenvalue weighted by Crippen LogP contribution is 2.17.